The second-order valence-corrected chi connectivity index (χ2v) is 7.71. The molecule has 7 heteroatoms. The first kappa shape index (κ1) is 18.9. The van der Waals surface area contributed by atoms with E-state index in [0.717, 1.165) is 10.1 Å². The maximum atomic E-state index is 11.9. The summed E-state index contributed by atoms with van der Waals surface area (Å²) >= 11 is 1.31. The Balaban J connectivity index is 2.36. The lowest BCUT2D eigenvalue weighted by atomic mass is 9.75. The lowest BCUT2D eigenvalue weighted by Crippen LogP contribution is -2.53. The van der Waals surface area contributed by atoms with E-state index in [1.165, 1.54) is 11.3 Å². The second-order valence-electron chi connectivity index (χ2n) is 6.63. The molecule has 2 N–H and O–H groups in total. The monoisotopic (exact) mass is 350 g/mol. The van der Waals surface area contributed by atoms with Crippen LogP contribution in [0, 0.1) is 0 Å². The van der Waals surface area contributed by atoms with Crippen LogP contribution in [0.25, 0.3) is 10.1 Å². The summed E-state index contributed by atoms with van der Waals surface area (Å²) in [6.45, 7) is 8.76. The van der Waals surface area contributed by atoms with Crippen molar-refractivity contribution in [2.75, 3.05) is 6.61 Å². The predicted octanol–water partition coefficient (Wildman–Crippen LogP) is 2.33. The average Bonchev–Trinajstić information content (AvgIpc) is 2.89. The standard InChI is InChI=1S/C17H23BO5S/c1-6-22-15(19)14-10-11-12(8-7-9-13(11)24-14)18(21)23-17(4,5)16(2,3)20/h7-10,20-21H,6H2,1-5H3. The molecule has 0 aliphatic rings. The normalized spacial score (nSPS) is 12.5. The molecule has 0 amide bonds. The van der Waals surface area contributed by atoms with Gasteiger partial charge < -0.3 is 19.5 Å². The fraction of sp³-hybridized carbons (Fsp3) is 0.471. The van der Waals surface area contributed by atoms with Crippen LogP contribution in [-0.4, -0.2) is 41.0 Å². The van der Waals surface area contributed by atoms with Crippen molar-refractivity contribution in [3.05, 3.63) is 29.1 Å². The molecule has 0 fully saturated rings. The van der Waals surface area contributed by atoms with E-state index in [9.17, 15) is 14.9 Å². The Morgan fingerprint density at radius 1 is 1.29 bits per heavy atom. The van der Waals surface area contributed by atoms with E-state index in [2.05, 4.69) is 0 Å². The van der Waals surface area contributed by atoms with Gasteiger partial charge in [-0.2, -0.15) is 0 Å². The summed E-state index contributed by atoms with van der Waals surface area (Å²) in [5, 5.41) is 21.5. The highest BCUT2D eigenvalue weighted by Gasteiger charge is 2.40. The van der Waals surface area contributed by atoms with Crippen molar-refractivity contribution in [1.29, 1.82) is 0 Å². The van der Waals surface area contributed by atoms with Gasteiger partial charge in [-0.25, -0.2) is 4.79 Å². The van der Waals surface area contributed by atoms with Crippen LogP contribution in [0.4, 0.5) is 0 Å². The van der Waals surface area contributed by atoms with Crippen molar-refractivity contribution in [2.24, 2.45) is 0 Å². The zero-order valence-corrected chi connectivity index (χ0v) is 15.4. The third-order valence-corrected chi connectivity index (χ3v) is 5.30. The first-order chi connectivity index (χ1) is 11.1. The number of carbonyl (C=O) groups excluding carboxylic acids is 1. The quantitative estimate of drug-likeness (QED) is 0.618. The molecule has 0 spiro atoms. The predicted molar refractivity (Wildman–Crippen MR) is 96.9 cm³/mol. The van der Waals surface area contributed by atoms with Gasteiger partial charge in [0.2, 0.25) is 0 Å². The molecule has 2 aromatic rings. The largest absolute Gasteiger partial charge is 0.492 e. The Labute approximate surface area is 146 Å². The molecule has 0 unspecified atom stereocenters. The Bertz CT molecular complexity index is 732. The molecule has 24 heavy (non-hydrogen) atoms. The molecule has 0 saturated carbocycles. The van der Waals surface area contributed by atoms with E-state index in [0.29, 0.717) is 16.9 Å². The van der Waals surface area contributed by atoms with E-state index in [4.69, 9.17) is 9.39 Å². The first-order valence-electron chi connectivity index (χ1n) is 7.84. The zero-order valence-electron chi connectivity index (χ0n) is 14.6. The number of benzene rings is 1. The lowest BCUT2D eigenvalue weighted by Gasteiger charge is -2.38. The zero-order chi connectivity index (χ0) is 18.1. The van der Waals surface area contributed by atoms with Gasteiger partial charge in [0.1, 0.15) is 4.88 Å². The van der Waals surface area contributed by atoms with Crippen LogP contribution in [-0.2, 0) is 9.39 Å². The van der Waals surface area contributed by atoms with Crippen LogP contribution in [0.3, 0.4) is 0 Å². The van der Waals surface area contributed by atoms with Gasteiger partial charge in [-0.05, 0) is 57.6 Å². The minimum atomic E-state index is -1.22. The first-order valence-corrected chi connectivity index (χ1v) is 8.66. The maximum Gasteiger partial charge on any atom is 0.492 e. The molecular formula is C17H23BO5S. The fourth-order valence-electron chi connectivity index (χ4n) is 2.09. The van der Waals surface area contributed by atoms with Crippen LogP contribution in [0.1, 0.15) is 44.3 Å². The molecule has 0 aliphatic heterocycles. The van der Waals surface area contributed by atoms with Crippen molar-refractivity contribution in [3.8, 4) is 0 Å². The van der Waals surface area contributed by atoms with Crippen LogP contribution in [0.15, 0.2) is 24.3 Å². The smallest absolute Gasteiger partial charge is 0.462 e. The van der Waals surface area contributed by atoms with Crippen molar-refractivity contribution in [1.82, 2.24) is 0 Å². The van der Waals surface area contributed by atoms with Crippen LogP contribution in [0.5, 0.6) is 0 Å². The Morgan fingerprint density at radius 3 is 2.54 bits per heavy atom. The van der Waals surface area contributed by atoms with Gasteiger partial charge >= 0.3 is 13.1 Å². The molecule has 0 bridgehead atoms. The number of esters is 1. The minimum Gasteiger partial charge on any atom is -0.462 e. The highest BCUT2D eigenvalue weighted by molar-refractivity contribution is 7.21. The number of aliphatic hydroxyl groups is 1. The van der Waals surface area contributed by atoms with E-state index in [1.807, 2.05) is 6.07 Å². The van der Waals surface area contributed by atoms with Crippen LogP contribution >= 0.6 is 11.3 Å². The van der Waals surface area contributed by atoms with E-state index >= 15 is 0 Å². The third kappa shape index (κ3) is 3.80. The molecule has 1 aromatic carbocycles. The molecule has 1 heterocycles. The maximum absolute atomic E-state index is 11.9. The SMILES string of the molecule is CCOC(=O)c1cc2c(B(O)OC(C)(C)C(C)(C)O)cccc2s1. The molecular weight excluding hydrogens is 327 g/mol. The molecule has 0 atom stereocenters. The summed E-state index contributed by atoms with van der Waals surface area (Å²) < 4.78 is 11.6. The summed E-state index contributed by atoms with van der Waals surface area (Å²) in [5.41, 5.74) is -1.54. The minimum absolute atomic E-state index is 0.311. The Morgan fingerprint density at radius 2 is 1.96 bits per heavy atom. The number of hydrogen-bond donors (Lipinski definition) is 2. The van der Waals surface area contributed by atoms with Crippen LogP contribution < -0.4 is 5.46 Å². The van der Waals surface area contributed by atoms with Crippen molar-refractivity contribution >= 4 is 40.0 Å². The molecule has 0 aliphatic carbocycles. The van der Waals surface area contributed by atoms with Gasteiger partial charge in [-0.15, -0.1) is 11.3 Å². The molecule has 130 valence electrons. The third-order valence-electron chi connectivity index (χ3n) is 4.22. The summed E-state index contributed by atoms with van der Waals surface area (Å²) in [7, 11) is -1.22. The number of rotatable bonds is 6. The van der Waals surface area contributed by atoms with Crippen LogP contribution in [0.2, 0.25) is 0 Å². The number of fused-ring (bicyclic) bond motifs is 1. The van der Waals surface area contributed by atoms with Gasteiger partial charge in [0.25, 0.3) is 0 Å². The second kappa shape index (κ2) is 6.84. The number of hydrogen-bond acceptors (Lipinski definition) is 6. The Hall–Kier alpha value is -1.41. The van der Waals surface area contributed by atoms with Gasteiger partial charge in [-0.3, -0.25) is 0 Å². The van der Waals surface area contributed by atoms with Gasteiger partial charge in [-0.1, -0.05) is 12.1 Å². The number of carbonyl (C=O) groups is 1. The van der Waals surface area contributed by atoms with Crippen molar-refractivity contribution in [3.63, 3.8) is 0 Å². The van der Waals surface area contributed by atoms with E-state index in [-0.39, 0.29) is 5.97 Å². The summed E-state index contributed by atoms with van der Waals surface area (Å²) in [6.07, 6.45) is 0. The molecule has 2 rings (SSSR count). The molecule has 0 saturated heterocycles. The summed E-state index contributed by atoms with van der Waals surface area (Å²) in [5.74, 6) is -0.378. The van der Waals surface area contributed by atoms with E-state index in [1.54, 1.807) is 52.8 Å². The average molecular weight is 350 g/mol. The number of ether oxygens (including phenoxy) is 1. The summed E-state index contributed by atoms with van der Waals surface area (Å²) in [4.78, 5) is 12.4. The molecule has 1 aromatic heterocycles. The van der Waals surface area contributed by atoms with Gasteiger partial charge in [0, 0.05) is 4.70 Å². The topological polar surface area (TPSA) is 76.0 Å². The fourth-order valence-corrected chi connectivity index (χ4v) is 3.08. The van der Waals surface area contributed by atoms with Crippen molar-refractivity contribution < 1.29 is 24.3 Å². The molecule has 5 nitrogen and oxygen atoms in total. The van der Waals surface area contributed by atoms with Crippen molar-refractivity contribution in [2.45, 2.75) is 45.8 Å². The highest BCUT2D eigenvalue weighted by Crippen LogP contribution is 2.28. The molecule has 0 radical (unpaired) electrons. The highest BCUT2D eigenvalue weighted by atomic mass is 32.1. The van der Waals surface area contributed by atoms with Gasteiger partial charge in [0.15, 0.2) is 0 Å². The van der Waals surface area contributed by atoms with Gasteiger partial charge in [0.05, 0.1) is 17.8 Å². The number of thiophene rings is 1. The lowest BCUT2D eigenvalue weighted by molar-refractivity contribution is -0.0982. The van der Waals surface area contributed by atoms with E-state index < -0.39 is 18.3 Å². The summed E-state index contributed by atoms with van der Waals surface area (Å²) in [6, 6.07) is 7.12. The Kier molecular flexibility index (Phi) is 5.39.